The summed E-state index contributed by atoms with van der Waals surface area (Å²) < 4.78 is 5.38. The third-order valence-corrected chi connectivity index (χ3v) is 5.46. The van der Waals surface area contributed by atoms with Crippen molar-refractivity contribution in [3.05, 3.63) is 0 Å². The molecule has 0 radical (unpaired) electrons. The highest BCUT2D eigenvalue weighted by Crippen LogP contribution is 2.14. The van der Waals surface area contributed by atoms with Gasteiger partial charge in [-0.15, -0.1) is 0 Å². The van der Waals surface area contributed by atoms with Gasteiger partial charge in [-0.1, -0.05) is 123 Å². The monoisotopic (exact) mass is 384 g/mol. The standard InChI is InChI=1S/C24H48O3/c1-3-5-6-7-8-9-10-11-12-13-14-15-16-17-18-19-20-21-22-27-23(4-2)24(25)26/h23H,3-22H2,1-2H3,(H,25,26). The topological polar surface area (TPSA) is 46.5 Å². The quantitative estimate of drug-likeness (QED) is 0.193. The molecule has 1 N–H and O–H groups in total. The molecule has 0 fully saturated rings. The van der Waals surface area contributed by atoms with Gasteiger partial charge in [0, 0.05) is 6.61 Å². The summed E-state index contributed by atoms with van der Waals surface area (Å²) >= 11 is 0. The van der Waals surface area contributed by atoms with Crippen molar-refractivity contribution in [1.82, 2.24) is 0 Å². The maximum absolute atomic E-state index is 10.8. The van der Waals surface area contributed by atoms with Crippen LogP contribution in [0.3, 0.4) is 0 Å². The van der Waals surface area contributed by atoms with Crippen molar-refractivity contribution in [3.63, 3.8) is 0 Å². The van der Waals surface area contributed by atoms with Crippen LogP contribution in [0.2, 0.25) is 0 Å². The number of ether oxygens (including phenoxy) is 1. The van der Waals surface area contributed by atoms with Gasteiger partial charge in [0.15, 0.2) is 6.10 Å². The lowest BCUT2D eigenvalue weighted by Crippen LogP contribution is -2.23. The van der Waals surface area contributed by atoms with E-state index in [0.717, 1.165) is 12.8 Å². The van der Waals surface area contributed by atoms with E-state index in [1.807, 2.05) is 6.92 Å². The number of hydrogen-bond acceptors (Lipinski definition) is 2. The SMILES string of the molecule is CCCCCCCCCCCCCCCCCCCCOC(CC)C(=O)O. The predicted octanol–water partition coefficient (Wildman–Crippen LogP) is 7.91. The summed E-state index contributed by atoms with van der Waals surface area (Å²) in [6.45, 7) is 4.72. The Hall–Kier alpha value is -0.570. The Morgan fingerprint density at radius 2 is 0.963 bits per heavy atom. The average Bonchev–Trinajstić information content (AvgIpc) is 2.66. The number of carboxylic acid groups (broad SMARTS) is 1. The van der Waals surface area contributed by atoms with E-state index in [9.17, 15) is 4.79 Å². The Morgan fingerprint density at radius 3 is 1.26 bits per heavy atom. The van der Waals surface area contributed by atoms with Crippen LogP contribution < -0.4 is 0 Å². The molecule has 0 amide bonds. The van der Waals surface area contributed by atoms with Gasteiger partial charge in [0.25, 0.3) is 0 Å². The molecule has 0 heterocycles. The molecule has 0 rings (SSSR count). The smallest absolute Gasteiger partial charge is 0.332 e. The highest BCUT2D eigenvalue weighted by molar-refractivity contribution is 5.72. The second-order valence-corrected chi connectivity index (χ2v) is 8.12. The van der Waals surface area contributed by atoms with E-state index >= 15 is 0 Å². The second-order valence-electron chi connectivity index (χ2n) is 8.12. The van der Waals surface area contributed by atoms with Gasteiger partial charge in [0.05, 0.1) is 0 Å². The third kappa shape index (κ3) is 20.0. The van der Waals surface area contributed by atoms with Gasteiger partial charge in [-0.3, -0.25) is 0 Å². The van der Waals surface area contributed by atoms with Gasteiger partial charge in [0.1, 0.15) is 0 Å². The van der Waals surface area contributed by atoms with Crippen molar-refractivity contribution in [3.8, 4) is 0 Å². The molecule has 3 heteroatoms. The Balaban J connectivity index is 3.10. The lowest BCUT2D eigenvalue weighted by molar-refractivity contribution is -0.150. The van der Waals surface area contributed by atoms with Crippen molar-refractivity contribution >= 4 is 5.97 Å². The summed E-state index contributed by atoms with van der Waals surface area (Å²) in [6.07, 6.45) is 24.5. The largest absolute Gasteiger partial charge is 0.479 e. The lowest BCUT2D eigenvalue weighted by Gasteiger charge is -2.10. The maximum atomic E-state index is 10.8. The van der Waals surface area contributed by atoms with Gasteiger partial charge in [-0.2, -0.15) is 0 Å². The van der Waals surface area contributed by atoms with E-state index in [2.05, 4.69) is 6.92 Å². The molecule has 0 aromatic heterocycles. The lowest BCUT2D eigenvalue weighted by atomic mass is 10.0. The first-order chi connectivity index (χ1) is 13.2. The number of rotatable bonds is 22. The number of hydrogen-bond donors (Lipinski definition) is 1. The minimum absolute atomic E-state index is 0.550. The molecule has 0 bridgehead atoms. The second kappa shape index (κ2) is 21.7. The fourth-order valence-electron chi connectivity index (χ4n) is 3.59. The molecule has 0 aliphatic rings. The van der Waals surface area contributed by atoms with Crippen LogP contribution in [0.15, 0.2) is 0 Å². The number of carbonyl (C=O) groups is 1. The molecule has 0 saturated carbocycles. The summed E-state index contributed by atoms with van der Waals surface area (Å²) in [5, 5.41) is 8.90. The summed E-state index contributed by atoms with van der Waals surface area (Å²) in [4.78, 5) is 10.8. The molecule has 0 spiro atoms. The molecule has 3 nitrogen and oxygen atoms in total. The van der Waals surface area contributed by atoms with E-state index in [4.69, 9.17) is 9.84 Å². The number of unbranched alkanes of at least 4 members (excludes halogenated alkanes) is 17. The zero-order chi connectivity index (χ0) is 20.0. The fraction of sp³-hybridized carbons (Fsp3) is 0.958. The van der Waals surface area contributed by atoms with Crippen LogP contribution in [0.4, 0.5) is 0 Å². The molecular weight excluding hydrogens is 336 g/mol. The molecule has 0 aromatic carbocycles. The molecule has 27 heavy (non-hydrogen) atoms. The van der Waals surface area contributed by atoms with E-state index in [1.54, 1.807) is 0 Å². The fourth-order valence-corrected chi connectivity index (χ4v) is 3.59. The highest BCUT2D eigenvalue weighted by Gasteiger charge is 2.14. The van der Waals surface area contributed by atoms with Crippen LogP contribution >= 0.6 is 0 Å². The van der Waals surface area contributed by atoms with Crippen LogP contribution in [0.25, 0.3) is 0 Å². The van der Waals surface area contributed by atoms with Crippen LogP contribution in [-0.2, 0) is 9.53 Å². The van der Waals surface area contributed by atoms with Crippen molar-refractivity contribution in [1.29, 1.82) is 0 Å². The van der Waals surface area contributed by atoms with Crippen molar-refractivity contribution in [2.45, 2.75) is 142 Å². The molecule has 0 aliphatic heterocycles. The molecule has 1 atom stereocenters. The van der Waals surface area contributed by atoms with Crippen LogP contribution in [0, 0.1) is 0 Å². The number of carboxylic acids is 1. The van der Waals surface area contributed by atoms with Crippen LogP contribution in [0.1, 0.15) is 136 Å². The molecule has 162 valence electrons. The van der Waals surface area contributed by atoms with Crippen molar-refractivity contribution in [2.75, 3.05) is 6.61 Å². The van der Waals surface area contributed by atoms with Gasteiger partial charge >= 0.3 is 5.97 Å². The summed E-state index contributed by atoms with van der Waals surface area (Å²) in [5.41, 5.74) is 0. The first kappa shape index (κ1) is 26.4. The Morgan fingerprint density at radius 1 is 0.630 bits per heavy atom. The minimum Gasteiger partial charge on any atom is -0.479 e. The first-order valence-corrected chi connectivity index (χ1v) is 12.1. The molecule has 0 saturated heterocycles. The normalized spacial score (nSPS) is 12.4. The van der Waals surface area contributed by atoms with Crippen LogP contribution in [0.5, 0.6) is 0 Å². The van der Waals surface area contributed by atoms with Gasteiger partial charge in [-0.05, 0) is 12.8 Å². The average molecular weight is 385 g/mol. The summed E-state index contributed by atoms with van der Waals surface area (Å²) in [6, 6.07) is 0. The third-order valence-electron chi connectivity index (χ3n) is 5.46. The first-order valence-electron chi connectivity index (χ1n) is 12.1. The molecular formula is C24H48O3. The minimum atomic E-state index is -0.833. The van der Waals surface area contributed by atoms with Gasteiger partial charge in [-0.25, -0.2) is 4.79 Å². The van der Waals surface area contributed by atoms with E-state index in [1.165, 1.54) is 103 Å². The van der Waals surface area contributed by atoms with E-state index in [-0.39, 0.29) is 0 Å². The molecule has 1 unspecified atom stereocenters. The Bertz CT molecular complexity index is 304. The van der Waals surface area contributed by atoms with E-state index in [0.29, 0.717) is 13.0 Å². The zero-order valence-electron chi connectivity index (χ0n) is 18.5. The molecule has 0 aromatic rings. The van der Waals surface area contributed by atoms with Crippen LogP contribution in [-0.4, -0.2) is 23.8 Å². The Labute approximate surface area is 169 Å². The predicted molar refractivity (Wildman–Crippen MR) is 116 cm³/mol. The van der Waals surface area contributed by atoms with Gasteiger partial charge < -0.3 is 9.84 Å². The summed E-state index contributed by atoms with van der Waals surface area (Å²) in [5.74, 6) is -0.833. The number of aliphatic carboxylic acids is 1. The highest BCUT2D eigenvalue weighted by atomic mass is 16.5. The Kier molecular flexibility index (Phi) is 21.3. The van der Waals surface area contributed by atoms with Crippen molar-refractivity contribution in [2.24, 2.45) is 0 Å². The van der Waals surface area contributed by atoms with E-state index < -0.39 is 12.1 Å². The molecule has 0 aliphatic carbocycles. The van der Waals surface area contributed by atoms with Crippen molar-refractivity contribution < 1.29 is 14.6 Å². The summed E-state index contributed by atoms with van der Waals surface area (Å²) in [7, 11) is 0. The zero-order valence-corrected chi connectivity index (χ0v) is 18.5. The van der Waals surface area contributed by atoms with Gasteiger partial charge in [0.2, 0.25) is 0 Å². The maximum Gasteiger partial charge on any atom is 0.332 e.